The number of nitrogen functional groups attached to an aromatic ring is 1. The van der Waals surface area contributed by atoms with E-state index in [1.165, 1.54) is 0 Å². The summed E-state index contributed by atoms with van der Waals surface area (Å²) in [4.78, 5) is 11.3. The molecular formula is C13H19N3O2. The van der Waals surface area contributed by atoms with Gasteiger partial charge < -0.3 is 21.5 Å². The van der Waals surface area contributed by atoms with Crippen molar-refractivity contribution in [2.75, 3.05) is 23.0 Å². The van der Waals surface area contributed by atoms with Crippen molar-refractivity contribution in [2.45, 2.75) is 32.2 Å². The molecule has 1 aliphatic heterocycles. The molecule has 5 nitrogen and oxygen atoms in total. The minimum Gasteiger partial charge on any atom is -0.397 e. The molecule has 1 unspecified atom stereocenters. The number of carbonyl (C=O) groups is 1. The van der Waals surface area contributed by atoms with Gasteiger partial charge in [0.05, 0.1) is 18.0 Å². The molecule has 1 aromatic rings. The first-order valence-corrected chi connectivity index (χ1v) is 6.23. The predicted molar refractivity (Wildman–Crippen MR) is 72.6 cm³/mol. The van der Waals surface area contributed by atoms with Gasteiger partial charge in [-0.1, -0.05) is 6.92 Å². The third-order valence-electron chi connectivity index (χ3n) is 3.24. The summed E-state index contributed by atoms with van der Waals surface area (Å²) in [5.41, 5.74) is 9.24. The van der Waals surface area contributed by atoms with E-state index in [9.17, 15) is 9.90 Å². The number of carbonyl (C=O) groups excluding carboxylic acids is 1. The SMILES string of the molecule is CCC(CO)Nc1cc2c(cc1N)NC(=O)CC2. The number of fused-ring (bicyclic) bond motifs is 1. The van der Waals surface area contributed by atoms with E-state index >= 15 is 0 Å². The van der Waals surface area contributed by atoms with E-state index in [-0.39, 0.29) is 18.6 Å². The van der Waals surface area contributed by atoms with Crippen LogP contribution in [0.4, 0.5) is 17.1 Å². The van der Waals surface area contributed by atoms with Gasteiger partial charge in [0.25, 0.3) is 0 Å². The molecule has 0 spiro atoms. The first-order valence-electron chi connectivity index (χ1n) is 6.23. The zero-order chi connectivity index (χ0) is 13.1. The maximum Gasteiger partial charge on any atom is 0.224 e. The maximum absolute atomic E-state index is 11.3. The number of rotatable bonds is 4. The van der Waals surface area contributed by atoms with Crippen LogP contribution < -0.4 is 16.4 Å². The van der Waals surface area contributed by atoms with Crippen LogP contribution in [0.1, 0.15) is 25.3 Å². The standard InChI is InChI=1S/C13H19N3O2/c1-2-9(7-17)15-12-5-8-3-4-13(18)16-11(8)6-10(12)14/h5-6,9,15,17H,2-4,7,14H2,1H3,(H,16,18). The molecule has 0 aromatic heterocycles. The fourth-order valence-electron chi connectivity index (χ4n) is 2.07. The molecule has 0 saturated heterocycles. The Hall–Kier alpha value is -1.75. The molecule has 0 aliphatic carbocycles. The third kappa shape index (κ3) is 2.56. The second kappa shape index (κ2) is 5.27. The van der Waals surface area contributed by atoms with Crippen LogP contribution in [0.5, 0.6) is 0 Å². The summed E-state index contributed by atoms with van der Waals surface area (Å²) in [6.45, 7) is 2.08. The van der Waals surface area contributed by atoms with Crippen LogP contribution in [0.3, 0.4) is 0 Å². The minimum absolute atomic E-state index is 0.00327. The normalized spacial score (nSPS) is 15.8. The smallest absolute Gasteiger partial charge is 0.224 e. The highest BCUT2D eigenvalue weighted by atomic mass is 16.3. The first-order chi connectivity index (χ1) is 8.63. The van der Waals surface area contributed by atoms with Crippen molar-refractivity contribution in [1.29, 1.82) is 0 Å². The van der Waals surface area contributed by atoms with Gasteiger partial charge in [-0.3, -0.25) is 4.79 Å². The Labute approximate surface area is 106 Å². The number of hydrogen-bond donors (Lipinski definition) is 4. The fraction of sp³-hybridized carbons (Fsp3) is 0.462. The average molecular weight is 249 g/mol. The Morgan fingerprint density at radius 1 is 1.50 bits per heavy atom. The number of nitrogens with two attached hydrogens (primary N) is 1. The summed E-state index contributed by atoms with van der Waals surface area (Å²) in [7, 11) is 0. The van der Waals surface area contributed by atoms with E-state index < -0.39 is 0 Å². The summed E-state index contributed by atoms with van der Waals surface area (Å²) in [5, 5.41) is 15.2. The van der Waals surface area contributed by atoms with Crippen molar-refractivity contribution in [3.63, 3.8) is 0 Å². The van der Waals surface area contributed by atoms with Gasteiger partial charge in [0, 0.05) is 18.2 Å². The lowest BCUT2D eigenvalue weighted by atomic mass is 10.0. The Morgan fingerprint density at radius 2 is 2.28 bits per heavy atom. The highest BCUT2D eigenvalue weighted by Crippen LogP contribution is 2.31. The van der Waals surface area contributed by atoms with Crippen LogP contribution in [-0.4, -0.2) is 23.7 Å². The first kappa shape index (κ1) is 12.7. The molecule has 0 fully saturated rings. The monoisotopic (exact) mass is 249 g/mol. The molecule has 0 saturated carbocycles. The lowest BCUT2D eigenvalue weighted by molar-refractivity contribution is -0.116. The second-order valence-electron chi connectivity index (χ2n) is 4.58. The minimum atomic E-state index is 0.00327. The van der Waals surface area contributed by atoms with Crippen LogP contribution in [0.2, 0.25) is 0 Å². The van der Waals surface area contributed by atoms with Crippen molar-refractivity contribution in [2.24, 2.45) is 0 Å². The molecule has 1 heterocycles. The highest BCUT2D eigenvalue weighted by Gasteiger charge is 2.17. The average Bonchev–Trinajstić information content (AvgIpc) is 2.36. The summed E-state index contributed by atoms with van der Waals surface area (Å²) >= 11 is 0. The van der Waals surface area contributed by atoms with Crippen LogP contribution in [0, 0.1) is 0 Å². The van der Waals surface area contributed by atoms with E-state index in [1.54, 1.807) is 6.07 Å². The van der Waals surface area contributed by atoms with Gasteiger partial charge in [-0.05, 0) is 30.5 Å². The van der Waals surface area contributed by atoms with Crippen LogP contribution in [0.15, 0.2) is 12.1 Å². The number of aliphatic hydroxyl groups is 1. The molecule has 5 heteroatoms. The number of aliphatic hydroxyl groups excluding tert-OH is 1. The number of benzene rings is 1. The number of nitrogens with one attached hydrogen (secondary N) is 2. The van der Waals surface area contributed by atoms with E-state index in [2.05, 4.69) is 10.6 Å². The van der Waals surface area contributed by atoms with Crippen molar-refractivity contribution in [1.82, 2.24) is 0 Å². The van der Waals surface area contributed by atoms with E-state index in [4.69, 9.17) is 5.73 Å². The van der Waals surface area contributed by atoms with Gasteiger partial charge in [0.15, 0.2) is 0 Å². The molecule has 5 N–H and O–H groups in total. The molecule has 1 amide bonds. The quantitative estimate of drug-likeness (QED) is 0.606. The molecule has 1 aromatic carbocycles. The largest absolute Gasteiger partial charge is 0.397 e. The summed E-state index contributed by atoms with van der Waals surface area (Å²) < 4.78 is 0. The highest BCUT2D eigenvalue weighted by molar-refractivity contribution is 5.95. The summed E-state index contributed by atoms with van der Waals surface area (Å²) in [5.74, 6) is 0.0319. The summed E-state index contributed by atoms with van der Waals surface area (Å²) in [6, 6.07) is 3.74. The van der Waals surface area contributed by atoms with Crippen molar-refractivity contribution in [3.05, 3.63) is 17.7 Å². The van der Waals surface area contributed by atoms with Crippen molar-refractivity contribution >= 4 is 23.0 Å². The lowest BCUT2D eigenvalue weighted by Gasteiger charge is -2.22. The Bertz CT molecular complexity index is 456. The Balaban J connectivity index is 2.25. The zero-order valence-electron chi connectivity index (χ0n) is 10.5. The van der Waals surface area contributed by atoms with Crippen molar-refractivity contribution < 1.29 is 9.90 Å². The predicted octanol–water partition coefficient (Wildman–Crippen LogP) is 1.34. The summed E-state index contributed by atoms with van der Waals surface area (Å²) in [6.07, 6.45) is 2.06. The van der Waals surface area contributed by atoms with Gasteiger partial charge in [0.2, 0.25) is 5.91 Å². The molecule has 0 radical (unpaired) electrons. The number of hydrogen-bond acceptors (Lipinski definition) is 4. The number of amides is 1. The Morgan fingerprint density at radius 3 is 2.94 bits per heavy atom. The van der Waals surface area contributed by atoms with Gasteiger partial charge in [0.1, 0.15) is 0 Å². The van der Waals surface area contributed by atoms with E-state index in [0.717, 1.165) is 29.8 Å². The number of aryl methyl sites for hydroxylation is 1. The van der Waals surface area contributed by atoms with Crippen LogP contribution in [-0.2, 0) is 11.2 Å². The van der Waals surface area contributed by atoms with E-state index in [0.29, 0.717) is 12.1 Å². The fourth-order valence-corrected chi connectivity index (χ4v) is 2.07. The van der Waals surface area contributed by atoms with Crippen molar-refractivity contribution in [3.8, 4) is 0 Å². The van der Waals surface area contributed by atoms with Crippen LogP contribution >= 0.6 is 0 Å². The molecule has 18 heavy (non-hydrogen) atoms. The van der Waals surface area contributed by atoms with Gasteiger partial charge in [-0.2, -0.15) is 0 Å². The van der Waals surface area contributed by atoms with Gasteiger partial charge in [-0.15, -0.1) is 0 Å². The third-order valence-corrected chi connectivity index (χ3v) is 3.24. The van der Waals surface area contributed by atoms with E-state index in [1.807, 2.05) is 13.0 Å². The molecule has 1 atom stereocenters. The zero-order valence-corrected chi connectivity index (χ0v) is 10.5. The lowest BCUT2D eigenvalue weighted by Crippen LogP contribution is -2.24. The second-order valence-corrected chi connectivity index (χ2v) is 4.58. The van der Waals surface area contributed by atoms with Crippen LogP contribution in [0.25, 0.3) is 0 Å². The molecule has 1 aliphatic rings. The number of anilines is 3. The molecule has 98 valence electrons. The topological polar surface area (TPSA) is 87.4 Å². The molecule has 0 bridgehead atoms. The van der Waals surface area contributed by atoms with Gasteiger partial charge >= 0.3 is 0 Å². The molecular weight excluding hydrogens is 230 g/mol. The molecule has 2 rings (SSSR count). The Kier molecular flexibility index (Phi) is 3.72. The van der Waals surface area contributed by atoms with Gasteiger partial charge in [-0.25, -0.2) is 0 Å². The maximum atomic E-state index is 11.3.